The number of piperazine rings is 1. The third-order valence-corrected chi connectivity index (χ3v) is 5.36. The Labute approximate surface area is 173 Å². The molecule has 1 aliphatic rings. The fourth-order valence-electron chi connectivity index (χ4n) is 3.65. The molecule has 1 aliphatic heterocycles. The van der Waals surface area contributed by atoms with Crippen LogP contribution in [0.2, 0.25) is 0 Å². The minimum Gasteiger partial charge on any atom is -0.461 e. The Bertz CT molecular complexity index is 1150. The Hall–Kier alpha value is -3.47. The number of nitrogens with two attached hydrogens (primary N) is 1. The topological polar surface area (TPSA) is 130 Å². The smallest absolute Gasteiger partial charge is 0.259 e. The van der Waals surface area contributed by atoms with E-state index in [4.69, 9.17) is 15.1 Å². The second-order valence-electron chi connectivity index (χ2n) is 7.38. The van der Waals surface area contributed by atoms with Crippen molar-refractivity contribution in [2.75, 3.05) is 36.8 Å². The number of nitrogens with one attached hydrogen (secondary N) is 1. The van der Waals surface area contributed by atoms with Crippen LogP contribution in [0.1, 0.15) is 24.1 Å². The van der Waals surface area contributed by atoms with Gasteiger partial charge in [0.05, 0.1) is 12.0 Å². The molecule has 1 fully saturated rings. The van der Waals surface area contributed by atoms with Crippen LogP contribution in [-0.2, 0) is 13.0 Å². The maximum absolute atomic E-state index is 6.12. The molecule has 0 radical (unpaired) electrons. The zero-order chi connectivity index (χ0) is 20.7. The van der Waals surface area contributed by atoms with E-state index in [0.717, 1.165) is 56.4 Å². The number of furan rings is 1. The van der Waals surface area contributed by atoms with Gasteiger partial charge in [-0.2, -0.15) is 19.5 Å². The number of aromatic nitrogens is 7. The second-order valence-corrected chi connectivity index (χ2v) is 7.38. The van der Waals surface area contributed by atoms with E-state index in [1.54, 1.807) is 18.4 Å². The molecule has 4 aromatic rings. The quantitative estimate of drug-likeness (QED) is 0.501. The van der Waals surface area contributed by atoms with Crippen LogP contribution in [0.15, 0.2) is 22.8 Å². The maximum Gasteiger partial charge on any atom is 0.259 e. The minimum atomic E-state index is 0.252. The van der Waals surface area contributed by atoms with E-state index in [1.165, 1.54) is 4.52 Å². The summed E-state index contributed by atoms with van der Waals surface area (Å²) in [5.74, 6) is 3.27. The molecular formula is C19H24N10O. The zero-order valence-corrected chi connectivity index (χ0v) is 17.0. The SMILES string of the molecule is CCc1nc(CN2CCN(c3nc(N)n4nc(-c5ccco5)nc4n3)CC2)c(C)[nH]1. The van der Waals surface area contributed by atoms with Crippen molar-refractivity contribution in [3.05, 3.63) is 35.6 Å². The predicted octanol–water partition coefficient (Wildman–Crippen LogP) is 1.28. The zero-order valence-electron chi connectivity index (χ0n) is 17.0. The Morgan fingerprint density at radius 3 is 2.67 bits per heavy atom. The van der Waals surface area contributed by atoms with Crippen LogP contribution >= 0.6 is 0 Å². The van der Waals surface area contributed by atoms with E-state index < -0.39 is 0 Å². The standard InChI is InChI=1S/C19H24N10O/c1-3-15-21-12(2)13(22-15)11-27-6-8-28(9-7-27)18-24-17(20)29-19(25-18)23-16(26-29)14-5-4-10-30-14/h4-5,10H,3,6-9,11H2,1-2H3,(H,21,22)(H2,20,23,24,25,26). The molecule has 11 nitrogen and oxygen atoms in total. The summed E-state index contributed by atoms with van der Waals surface area (Å²) in [6.07, 6.45) is 2.49. The Morgan fingerprint density at radius 2 is 1.97 bits per heavy atom. The van der Waals surface area contributed by atoms with Crippen molar-refractivity contribution < 1.29 is 4.42 Å². The molecule has 5 rings (SSSR count). The molecule has 0 bridgehead atoms. The largest absolute Gasteiger partial charge is 0.461 e. The van der Waals surface area contributed by atoms with Gasteiger partial charge in [-0.15, -0.1) is 5.10 Å². The van der Waals surface area contributed by atoms with E-state index in [9.17, 15) is 0 Å². The van der Waals surface area contributed by atoms with Crippen LogP contribution in [0.25, 0.3) is 17.4 Å². The number of nitrogen functional groups attached to an aromatic ring is 1. The summed E-state index contributed by atoms with van der Waals surface area (Å²) < 4.78 is 6.80. The first-order valence-corrected chi connectivity index (χ1v) is 10.1. The molecule has 0 unspecified atom stereocenters. The van der Waals surface area contributed by atoms with Gasteiger partial charge >= 0.3 is 0 Å². The Morgan fingerprint density at radius 1 is 1.13 bits per heavy atom. The summed E-state index contributed by atoms with van der Waals surface area (Å²) in [5, 5.41) is 4.34. The highest BCUT2D eigenvalue weighted by atomic mass is 16.3. The van der Waals surface area contributed by atoms with Crippen LogP contribution in [-0.4, -0.2) is 65.6 Å². The van der Waals surface area contributed by atoms with Gasteiger partial charge in [0.1, 0.15) is 5.82 Å². The lowest BCUT2D eigenvalue weighted by Gasteiger charge is -2.34. The number of imidazole rings is 1. The van der Waals surface area contributed by atoms with Gasteiger partial charge in [-0.25, -0.2) is 4.98 Å². The number of fused-ring (bicyclic) bond motifs is 1. The van der Waals surface area contributed by atoms with Crippen molar-refractivity contribution in [2.24, 2.45) is 0 Å². The van der Waals surface area contributed by atoms with Gasteiger partial charge in [0, 0.05) is 44.8 Å². The van der Waals surface area contributed by atoms with Crippen LogP contribution in [0.5, 0.6) is 0 Å². The summed E-state index contributed by atoms with van der Waals surface area (Å²) in [6.45, 7) is 8.43. The summed E-state index contributed by atoms with van der Waals surface area (Å²) in [7, 11) is 0. The molecule has 0 saturated carbocycles. The molecule has 1 saturated heterocycles. The monoisotopic (exact) mass is 408 g/mol. The van der Waals surface area contributed by atoms with E-state index in [1.807, 2.05) is 0 Å². The van der Waals surface area contributed by atoms with Gasteiger partial charge in [0.25, 0.3) is 5.78 Å². The third kappa shape index (κ3) is 3.36. The molecule has 0 spiro atoms. The molecule has 3 N–H and O–H groups in total. The summed E-state index contributed by atoms with van der Waals surface area (Å²) in [4.78, 5) is 26.0. The molecule has 156 valence electrons. The van der Waals surface area contributed by atoms with Crippen LogP contribution in [0.4, 0.5) is 11.9 Å². The van der Waals surface area contributed by atoms with E-state index >= 15 is 0 Å². The average molecular weight is 408 g/mol. The van der Waals surface area contributed by atoms with Gasteiger partial charge in [-0.05, 0) is 19.1 Å². The predicted molar refractivity (Wildman–Crippen MR) is 111 cm³/mol. The Balaban J connectivity index is 1.30. The number of nitrogens with zero attached hydrogens (tertiary/aromatic N) is 8. The molecule has 0 aromatic carbocycles. The van der Waals surface area contributed by atoms with E-state index in [-0.39, 0.29) is 5.95 Å². The van der Waals surface area contributed by atoms with Gasteiger partial charge in [-0.1, -0.05) is 6.92 Å². The van der Waals surface area contributed by atoms with Gasteiger partial charge in [0.15, 0.2) is 5.76 Å². The van der Waals surface area contributed by atoms with Crippen molar-refractivity contribution in [3.63, 3.8) is 0 Å². The lowest BCUT2D eigenvalue weighted by atomic mass is 10.2. The highest BCUT2D eigenvalue weighted by molar-refractivity contribution is 5.53. The summed E-state index contributed by atoms with van der Waals surface area (Å²) in [5.41, 5.74) is 8.39. The second kappa shape index (κ2) is 7.41. The summed E-state index contributed by atoms with van der Waals surface area (Å²) >= 11 is 0. The van der Waals surface area contributed by atoms with Crippen molar-refractivity contribution in [1.29, 1.82) is 0 Å². The first-order valence-electron chi connectivity index (χ1n) is 10.1. The first kappa shape index (κ1) is 18.6. The normalized spacial score (nSPS) is 15.3. The number of aromatic amines is 1. The third-order valence-electron chi connectivity index (χ3n) is 5.36. The molecular weight excluding hydrogens is 384 g/mol. The highest BCUT2D eigenvalue weighted by Crippen LogP contribution is 2.20. The maximum atomic E-state index is 6.12. The molecule has 30 heavy (non-hydrogen) atoms. The lowest BCUT2D eigenvalue weighted by molar-refractivity contribution is 0.246. The number of anilines is 2. The van der Waals surface area contributed by atoms with E-state index in [2.05, 4.69) is 48.7 Å². The molecule has 5 heterocycles. The molecule has 11 heteroatoms. The number of H-pyrrole nitrogens is 1. The molecule has 4 aromatic heterocycles. The molecule has 0 amide bonds. The fraction of sp³-hybridized carbons (Fsp3) is 0.421. The van der Waals surface area contributed by atoms with Gasteiger partial charge < -0.3 is 20.0 Å². The first-order chi connectivity index (χ1) is 14.6. The van der Waals surface area contributed by atoms with Gasteiger partial charge in [0.2, 0.25) is 17.7 Å². The van der Waals surface area contributed by atoms with Crippen LogP contribution < -0.4 is 10.6 Å². The average Bonchev–Trinajstić information content (AvgIpc) is 3.48. The highest BCUT2D eigenvalue weighted by Gasteiger charge is 2.22. The number of hydrogen-bond acceptors (Lipinski definition) is 9. The lowest BCUT2D eigenvalue weighted by Crippen LogP contribution is -2.46. The fourth-order valence-corrected chi connectivity index (χ4v) is 3.65. The van der Waals surface area contributed by atoms with Crippen molar-refractivity contribution in [2.45, 2.75) is 26.8 Å². The van der Waals surface area contributed by atoms with Crippen LogP contribution in [0, 0.1) is 6.92 Å². The summed E-state index contributed by atoms with van der Waals surface area (Å²) in [6, 6.07) is 3.58. The molecule has 0 aliphatic carbocycles. The number of rotatable bonds is 5. The van der Waals surface area contributed by atoms with Crippen LogP contribution in [0.3, 0.4) is 0 Å². The van der Waals surface area contributed by atoms with Gasteiger partial charge in [-0.3, -0.25) is 4.90 Å². The minimum absolute atomic E-state index is 0.252. The Kier molecular flexibility index (Phi) is 4.58. The molecule has 0 atom stereocenters. The van der Waals surface area contributed by atoms with Crippen molar-refractivity contribution in [3.8, 4) is 11.6 Å². The van der Waals surface area contributed by atoms with Crippen molar-refractivity contribution in [1.82, 2.24) is 39.4 Å². The van der Waals surface area contributed by atoms with E-state index in [0.29, 0.717) is 23.3 Å². The van der Waals surface area contributed by atoms with Crippen molar-refractivity contribution >= 4 is 17.7 Å². The number of hydrogen-bond donors (Lipinski definition) is 2. The number of aryl methyl sites for hydroxylation is 2.